The molecule has 1 aliphatic heterocycles. The number of nitrogens with zero attached hydrogens (tertiary/aromatic N) is 3. The zero-order valence-electron chi connectivity index (χ0n) is 41.4. The van der Waals surface area contributed by atoms with Crippen molar-refractivity contribution in [1.29, 1.82) is 0 Å². The van der Waals surface area contributed by atoms with Gasteiger partial charge < -0.3 is 163 Å². The smallest absolute Gasteiger partial charge is 0.205 e. The van der Waals surface area contributed by atoms with Crippen LogP contribution in [0.1, 0.15) is 17.0 Å². The van der Waals surface area contributed by atoms with Gasteiger partial charge in [-0.3, -0.25) is 0 Å². The molecule has 0 radical (unpaired) electrons. The predicted molar refractivity (Wildman–Crippen MR) is 276 cm³/mol. The molecule has 0 fully saturated rings. The fraction of sp³-hybridized carbons (Fsp3) is 0.0784. The van der Waals surface area contributed by atoms with Gasteiger partial charge in [-0.15, -0.1) is 0 Å². The number of aromatic nitrogens is 3. The molecule has 0 amide bonds. The summed E-state index contributed by atoms with van der Waals surface area (Å²) < 4.78 is 5.73. The zero-order chi connectivity index (χ0) is 63.3. The number of aromatic hydroxyl groups is 22. The van der Waals surface area contributed by atoms with Gasteiger partial charge in [0.2, 0.25) is 28.8 Å². The first-order valence-corrected chi connectivity index (χ1v) is 23.4. The highest BCUT2D eigenvalue weighted by molar-refractivity contribution is 6.15. The van der Waals surface area contributed by atoms with E-state index in [-0.39, 0.29) is 0 Å². The maximum Gasteiger partial charge on any atom is 0.205 e. The Morgan fingerprint density at radius 3 is 0.965 bits per heavy atom. The van der Waals surface area contributed by atoms with Crippen molar-refractivity contribution >= 4 is 37.9 Å². The summed E-state index contributed by atoms with van der Waals surface area (Å²) in [5.41, 5.74) is -11.1. The SMILES string of the molecule is OC1=C(O)C(O)C(O)C(c2c(O)c(O)c3c(O)c(-c4nc(-c5c(O)c(-c6c(O)c(O)c7c(O)c(O)c(O)c(O)c7c6O)c(O)c6c5C5C(O)=C(O)C(O)=C(O)C5O6)nc(-c5c(O)c(O)c6c(O)c(O)c(O)c(O)c6c5O)n4)c(O)c(O)c3c2O)=C1O. The highest BCUT2D eigenvalue weighted by Crippen LogP contribution is 2.67. The summed E-state index contributed by atoms with van der Waals surface area (Å²) in [4.78, 5) is 12.1. The van der Waals surface area contributed by atoms with Crippen molar-refractivity contribution in [2.45, 2.75) is 24.2 Å². The Bertz CT molecular complexity index is 4720. The molecule has 0 bridgehead atoms. The van der Waals surface area contributed by atoms with Crippen LogP contribution in [0.2, 0.25) is 0 Å². The molecule has 4 atom stereocenters. The minimum absolute atomic E-state index is 1.05. The molecule has 2 aliphatic carbocycles. The first-order chi connectivity index (χ1) is 40.2. The van der Waals surface area contributed by atoms with Crippen LogP contribution in [0.5, 0.6) is 132 Å². The van der Waals surface area contributed by atoms with E-state index in [9.17, 15) is 158 Å². The molecule has 0 saturated heterocycles. The van der Waals surface area contributed by atoms with E-state index < -0.39 is 291 Å². The van der Waals surface area contributed by atoms with E-state index in [1.807, 2.05) is 0 Å². The quantitative estimate of drug-likeness (QED) is 0.0867. The Kier molecular flexibility index (Phi) is 11.3. The normalized spacial score (nSPS) is 17.7. The monoisotopic (exact) mass is 1200 g/mol. The second-order valence-electron chi connectivity index (χ2n) is 19.1. The molecule has 1 aromatic heterocycles. The van der Waals surface area contributed by atoms with Gasteiger partial charge in [-0.2, -0.15) is 0 Å². The predicted octanol–water partition coefficient (Wildman–Crippen LogP) is 3.37. The molecule has 35 heteroatoms. The first-order valence-electron chi connectivity index (χ1n) is 23.4. The van der Waals surface area contributed by atoms with Crippen LogP contribution in [0.15, 0.2) is 40.3 Å². The third-order valence-corrected chi connectivity index (χ3v) is 14.7. The van der Waals surface area contributed by atoms with Crippen molar-refractivity contribution in [3.05, 3.63) is 51.4 Å². The van der Waals surface area contributed by atoms with Crippen LogP contribution in [0.25, 0.3) is 83.2 Å². The standard InChI is InChI=1S/C51H35N3O32/c55-16-2-3(21(60)23(62)5(16)11-31(70)41(80)44(83)42(81)32(11)71)19(58)14(34(73)24(2)63)50-52-49(53-51(54-50)15-20(59)7-10(26(65)35(15)74)30(69)40(79)38(77)28(7)67)13-1-12-33(72)43(82)45(84)46(85)48(12)86-47(1)36(75)8(18(13)57)4-17(56)6-9(25(64)22(4)61)29(68)39(78)37(76)27(6)66/h12,31,41,48,55-85H. The summed E-state index contributed by atoms with van der Waals surface area (Å²) in [6.45, 7) is 0. The van der Waals surface area contributed by atoms with Crippen molar-refractivity contribution in [1.82, 2.24) is 15.0 Å². The van der Waals surface area contributed by atoms with Crippen molar-refractivity contribution in [2.75, 3.05) is 0 Å². The highest BCUT2D eigenvalue weighted by atomic mass is 16.5. The fourth-order valence-electron chi connectivity index (χ4n) is 10.6. The topological polar surface area (TPSA) is 675 Å². The lowest BCUT2D eigenvalue weighted by molar-refractivity contribution is 0.0371. The van der Waals surface area contributed by atoms with Crippen molar-refractivity contribution < 1.29 is 163 Å². The van der Waals surface area contributed by atoms with Gasteiger partial charge in [-0.1, -0.05) is 0 Å². The summed E-state index contributed by atoms with van der Waals surface area (Å²) in [5.74, 6) is -55.3. The first kappa shape index (κ1) is 55.1. The molecule has 8 aromatic rings. The number of hydrogen-bond acceptors (Lipinski definition) is 35. The number of phenolic OH excluding ortho intramolecular Hbond substituents is 22. The van der Waals surface area contributed by atoms with E-state index in [1.165, 1.54) is 0 Å². The van der Waals surface area contributed by atoms with Crippen molar-refractivity contribution in [3.63, 3.8) is 0 Å². The molecular weight excluding hydrogens is 1170 g/mol. The maximum absolute atomic E-state index is 12.7. The van der Waals surface area contributed by atoms with Crippen LogP contribution in [0, 0.1) is 0 Å². The lowest BCUT2D eigenvalue weighted by Gasteiger charge is -2.28. The lowest BCUT2D eigenvalue weighted by atomic mass is 9.82. The molecule has 2 heterocycles. The van der Waals surface area contributed by atoms with Crippen LogP contribution in [0.3, 0.4) is 0 Å². The molecule has 446 valence electrons. The molecule has 31 N–H and O–H groups in total. The molecule has 4 unspecified atom stereocenters. The average molecular weight is 1200 g/mol. The van der Waals surface area contributed by atoms with Crippen molar-refractivity contribution in [2.24, 2.45) is 0 Å². The Morgan fingerprint density at radius 2 is 0.547 bits per heavy atom. The number of phenols is 22. The van der Waals surface area contributed by atoms with Gasteiger partial charge in [0.1, 0.15) is 57.8 Å². The maximum atomic E-state index is 12.7. The van der Waals surface area contributed by atoms with Gasteiger partial charge >= 0.3 is 0 Å². The molecule has 11 rings (SSSR count). The van der Waals surface area contributed by atoms with Crippen molar-refractivity contribution in [3.8, 4) is 178 Å². The number of ether oxygens (including phenoxy) is 1. The van der Waals surface area contributed by atoms with E-state index in [0.717, 1.165) is 0 Å². The van der Waals surface area contributed by atoms with Crippen LogP contribution in [-0.2, 0) is 0 Å². The molecule has 0 saturated carbocycles. The minimum Gasteiger partial charge on any atom is -0.507 e. The number of rotatable bonds is 5. The number of fused-ring (bicyclic) bond motifs is 6. The Hall–Kier alpha value is -12.8. The summed E-state index contributed by atoms with van der Waals surface area (Å²) in [7, 11) is 0. The summed E-state index contributed by atoms with van der Waals surface area (Å²) in [6.07, 6.45) is -7.49. The van der Waals surface area contributed by atoms with Gasteiger partial charge in [0.15, 0.2) is 133 Å². The highest BCUT2D eigenvalue weighted by Gasteiger charge is 2.52. The van der Waals surface area contributed by atoms with E-state index in [4.69, 9.17) is 4.74 Å². The lowest BCUT2D eigenvalue weighted by Crippen LogP contribution is -2.34. The number of hydrogen-bond donors (Lipinski definition) is 31. The molecule has 0 spiro atoms. The number of aliphatic hydroxyl groups is 9. The summed E-state index contributed by atoms with van der Waals surface area (Å²) in [5, 5.41) is 338. The Balaban J connectivity index is 1.33. The van der Waals surface area contributed by atoms with Gasteiger partial charge in [0, 0.05) is 11.1 Å². The Morgan fingerprint density at radius 1 is 0.244 bits per heavy atom. The molecular formula is C51H35N3O32. The van der Waals surface area contributed by atoms with Gasteiger partial charge in [-0.05, 0) is 0 Å². The van der Waals surface area contributed by atoms with E-state index >= 15 is 0 Å². The van der Waals surface area contributed by atoms with E-state index in [2.05, 4.69) is 15.0 Å². The molecule has 86 heavy (non-hydrogen) atoms. The largest absolute Gasteiger partial charge is 0.507 e. The van der Waals surface area contributed by atoms with E-state index in [0.29, 0.717) is 0 Å². The van der Waals surface area contributed by atoms with Crippen LogP contribution < -0.4 is 4.74 Å². The number of aliphatic hydroxyl groups excluding tert-OH is 9. The third-order valence-electron chi connectivity index (χ3n) is 14.7. The van der Waals surface area contributed by atoms with Gasteiger partial charge in [-0.25, -0.2) is 15.0 Å². The summed E-state index contributed by atoms with van der Waals surface area (Å²) in [6, 6.07) is 0. The van der Waals surface area contributed by atoms with E-state index in [1.54, 1.807) is 0 Å². The molecule has 35 nitrogen and oxygen atoms in total. The van der Waals surface area contributed by atoms with Gasteiger partial charge in [0.05, 0.1) is 60.5 Å². The minimum atomic E-state index is -2.63. The van der Waals surface area contributed by atoms with Gasteiger partial charge in [0.25, 0.3) is 0 Å². The second-order valence-corrected chi connectivity index (χ2v) is 19.1. The van der Waals surface area contributed by atoms with Crippen LogP contribution in [0.4, 0.5) is 0 Å². The van der Waals surface area contributed by atoms with Crippen LogP contribution in [-0.4, -0.2) is 192 Å². The molecule has 7 aromatic carbocycles. The molecule has 3 aliphatic rings. The average Bonchev–Trinajstić information content (AvgIpc) is 1.25. The zero-order valence-corrected chi connectivity index (χ0v) is 41.4. The second kappa shape index (κ2) is 17.6. The van der Waals surface area contributed by atoms with Crippen LogP contribution >= 0.6 is 0 Å². The summed E-state index contributed by atoms with van der Waals surface area (Å²) >= 11 is 0. The fourth-order valence-corrected chi connectivity index (χ4v) is 10.6. The third kappa shape index (κ3) is 6.57. The number of benzene rings is 7. The Labute approximate surface area is 468 Å².